The molecule has 2 rings (SSSR count). The van der Waals surface area contributed by atoms with E-state index in [2.05, 4.69) is 26.1 Å². The van der Waals surface area contributed by atoms with E-state index in [1.807, 2.05) is 25.1 Å². The number of carbonyl (C=O) groups excluding carboxylic acids is 1. The molecular weight excluding hydrogens is 296 g/mol. The highest BCUT2D eigenvalue weighted by Crippen LogP contribution is 2.30. The van der Waals surface area contributed by atoms with Gasteiger partial charge in [-0.3, -0.25) is 4.79 Å². The Kier molecular flexibility index (Phi) is 4.24. The van der Waals surface area contributed by atoms with E-state index in [4.69, 9.17) is 5.11 Å². The lowest BCUT2D eigenvalue weighted by atomic mass is 10.1. The predicted octanol–water partition coefficient (Wildman–Crippen LogP) is 1.44. The number of hydrogen-bond acceptors (Lipinski definition) is 3. The summed E-state index contributed by atoms with van der Waals surface area (Å²) in [6.07, 6.45) is 0.451. The molecule has 0 saturated carbocycles. The quantitative estimate of drug-likeness (QED) is 0.888. The number of benzene rings is 1. The van der Waals surface area contributed by atoms with Crippen LogP contribution in [0, 0.1) is 6.92 Å². The van der Waals surface area contributed by atoms with Crippen LogP contribution in [0.1, 0.15) is 12.0 Å². The van der Waals surface area contributed by atoms with E-state index in [0.717, 1.165) is 16.7 Å². The molecule has 2 N–H and O–H groups in total. The van der Waals surface area contributed by atoms with Gasteiger partial charge in [0.2, 0.25) is 5.91 Å². The maximum absolute atomic E-state index is 11.9. The Morgan fingerprint density at radius 3 is 3.00 bits per heavy atom. The fourth-order valence-electron chi connectivity index (χ4n) is 2.26. The van der Waals surface area contributed by atoms with Crippen LogP contribution in [0.4, 0.5) is 5.69 Å². The number of carbonyl (C=O) groups is 1. The first-order valence-electron chi connectivity index (χ1n) is 6.05. The van der Waals surface area contributed by atoms with Gasteiger partial charge < -0.3 is 15.3 Å². The normalized spacial score (nSPS) is 19.8. The van der Waals surface area contributed by atoms with E-state index in [1.54, 1.807) is 0 Å². The molecular formula is C13H17BrN2O2. The molecule has 1 aromatic rings. The monoisotopic (exact) mass is 312 g/mol. The van der Waals surface area contributed by atoms with E-state index in [1.165, 1.54) is 5.56 Å². The lowest BCUT2D eigenvalue weighted by Gasteiger charge is -2.37. The summed E-state index contributed by atoms with van der Waals surface area (Å²) in [5.74, 6) is -0.0113. The second-order valence-corrected chi connectivity index (χ2v) is 5.32. The number of anilines is 1. The molecule has 0 spiro atoms. The Bertz CT molecular complexity index is 451. The first-order valence-corrected chi connectivity index (χ1v) is 6.84. The topological polar surface area (TPSA) is 52.6 Å². The molecule has 18 heavy (non-hydrogen) atoms. The highest BCUT2D eigenvalue weighted by molar-refractivity contribution is 9.10. The van der Waals surface area contributed by atoms with Crippen molar-refractivity contribution in [1.29, 1.82) is 0 Å². The molecule has 0 aliphatic carbocycles. The molecule has 1 saturated heterocycles. The molecule has 1 heterocycles. The predicted molar refractivity (Wildman–Crippen MR) is 74.7 cm³/mol. The largest absolute Gasteiger partial charge is 0.396 e. The van der Waals surface area contributed by atoms with Crippen LogP contribution in [0.15, 0.2) is 22.7 Å². The summed E-state index contributed by atoms with van der Waals surface area (Å²) in [7, 11) is 0. The summed E-state index contributed by atoms with van der Waals surface area (Å²) in [5.41, 5.74) is 2.18. The van der Waals surface area contributed by atoms with Gasteiger partial charge in [-0.25, -0.2) is 0 Å². The van der Waals surface area contributed by atoms with Crippen LogP contribution in [-0.2, 0) is 4.79 Å². The van der Waals surface area contributed by atoms with E-state index in [0.29, 0.717) is 13.0 Å². The Morgan fingerprint density at radius 2 is 2.33 bits per heavy atom. The van der Waals surface area contributed by atoms with Gasteiger partial charge in [0.1, 0.15) is 6.04 Å². The fraction of sp³-hybridized carbons (Fsp3) is 0.462. The van der Waals surface area contributed by atoms with Crippen molar-refractivity contribution in [2.75, 3.05) is 24.6 Å². The van der Waals surface area contributed by atoms with Gasteiger partial charge in [-0.1, -0.05) is 6.07 Å². The summed E-state index contributed by atoms with van der Waals surface area (Å²) in [6, 6.07) is 5.80. The van der Waals surface area contributed by atoms with Gasteiger partial charge in [0.25, 0.3) is 0 Å². The third-order valence-electron chi connectivity index (χ3n) is 3.15. The average Bonchev–Trinajstić information content (AvgIpc) is 2.32. The van der Waals surface area contributed by atoms with E-state index in [9.17, 15) is 4.79 Å². The molecule has 0 bridgehead atoms. The van der Waals surface area contributed by atoms with Crippen LogP contribution in [0.3, 0.4) is 0 Å². The zero-order chi connectivity index (χ0) is 13.1. The molecule has 0 aromatic heterocycles. The van der Waals surface area contributed by atoms with Crippen LogP contribution >= 0.6 is 15.9 Å². The van der Waals surface area contributed by atoms with Crippen molar-refractivity contribution in [3.05, 3.63) is 28.2 Å². The van der Waals surface area contributed by atoms with Crippen LogP contribution in [0.2, 0.25) is 0 Å². The maximum atomic E-state index is 11.9. The van der Waals surface area contributed by atoms with Crippen LogP contribution in [0.5, 0.6) is 0 Å². The summed E-state index contributed by atoms with van der Waals surface area (Å²) in [4.78, 5) is 13.9. The molecule has 1 fully saturated rings. The third kappa shape index (κ3) is 2.67. The summed E-state index contributed by atoms with van der Waals surface area (Å²) >= 11 is 3.55. The number of rotatable bonds is 3. The number of hydrogen-bond donors (Lipinski definition) is 2. The van der Waals surface area contributed by atoms with E-state index in [-0.39, 0.29) is 18.6 Å². The molecule has 1 atom stereocenters. The molecule has 4 nitrogen and oxygen atoms in total. The van der Waals surface area contributed by atoms with Crippen molar-refractivity contribution in [3.8, 4) is 0 Å². The highest BCUT2D eigenvalue weighted by Gasteiger charge is 2.30. The van der Waals surface area contributed by atoms with Crippen molar-refractivity contribution >= 4 is 27.5 Å². The minimum absolute atomic E-state index is 0.0113. The molecule has 1 aromatic carbocycles. The molecule has 1 aliphatic rings. The SMILES string of the molecule is Cc1ccc(N2CCNC(=O)C2CCO)c(Br)c1. The van der Waals surface area contributed by atoms with E-state index < -0.39 is 0 Å². The second kappa shape index (κ2) is 5.71. The van der Waals surface area contributed by atoms with Gasteiger partial charge in [-0.2, -0.15) is 0 Å². The molecule has 0 radical (unpaired) electrons. The summed E-state index contributed by atoms with van der Waals surface area (Å²) in [5, 5.41) is 11.9. The molecule has 5 heteroatoms. The lowest BCUT2D eigenvalue weighted by molar-refractivity contribution is -0.123. The van der Waals surface area contributed by atoms with Crippen molar-refractivity contribution < 1.29 is 9.90 Å². The second-order valence-electron chi connectivity index (χ2n) is 4.47. The minimum atomic E-state index is -0.289. The number of nitrogens with zero attached hydrogens (tertiary/aromatic N) is 1. The summed E-state index contributed by atoms with van der Waals surface area (Å²) in [6.45, 7) is 3.44. The van der Waals surface area contributed by atoms with Crippen molar-refractivity contribution in [1.82, 2.24) is 5.32 Å². The zero-order valence-electron chi connectivity index (χ0n) is 10.3. The van der Waals surface area contributed by atoms with Gasteiger partial charge in [0.05, 0.1) is 5.69 Å². The van der Waals surface area contributed by atoms with Crippen LogP contribution < -0.4 is 10.2 Å². The van der Waals surface area contributed by atoms with Gasteiger partial charge in [0.15, 0.2) is 0 Å². The van der Waals surface area contributed by atoms with Crippen molar-refractivity contribution in [2.24, 2.45) is 0 Å². The van der Waals surface area contributed by atoms with Crippen LogP contribution in [-0.4, -0.2) is 36.8 Å². The molecule has 1 unspecified atom stereocenters. The number of aryl methyl sites for hydroxylation is 1. The number of aliphatic hydroxyl groups excluding tert-OH is 1. The smallest absolute Gasteiger partial charge is 0.242 e. The number of amides is 1. The zero-order valence-corrected chi connectivity index (χ0v) is 11.9. The maximum Gasteiger partial charge on any atom is 0.242 e. The lowest BCUT2D eigenvalue weighted by Crippen LogP contribution is -2.55. The van der Waals surface area contributed by atoms with E-state index >= 15 is 0 Å². The first kappa shape index (κ1) is 13.4. The third-order valence-corrected chi connectivity index (χ3v) is 3.78. The Balaban J connectivity index is 2.31. The van der Waals surface area contributed by atoms with Crippen LogP contribution in [0.25, 0.3) is 0 Å². The number of nitrogens with one attached hydrogen (secondary N) is 1. The molecule has 98 valence electrons. The van der Waals surface area contributed by atoms with Gasteiger partial charge in [-0.05, 0) is 47.0 Å². The van der Waals surface area contributed by atoms with Gasteiger partial charge >= 0.3 is 0 Å². The average molecular weight is 313 g/mol. The van der Waals surface area contributed by atoms with Crippen molar-refractivity contribution in [3.63, 3.8) is 0 Å². The summed E-state index contributed by atoms with van der Waals surface area (Å²) < 4.78 is 0.986. The Hall–Kier alpha value is -1.07. The Morgan fingerprint density at radius 1 is 1.56 bits per heavy atom. The fourth-order valence-corrected chi connectivity index (χ4v) is 2.98. The van der Waals surface area contributed by atoms with Gasteiger partial charge in [0, 0.05) is 24.2 Å². The first-order chi connectivity index (χ1) is 8.63. The minimum Gasteiger partial charge on any atom is -0.396 e. The highest BCUT2D eigenvalue weighted by atomic mass is 79.9. The number of piperazine rings is 1. The Labute approximate surface area is 115 Å². The number of aliphatic hydroxyl groups is 1. The molecule has 1 amide bonds. The number of halogens is 1. The van der Waals surface area contributed by atoms with Gasteiger partial charge in [-0.15, -0.1) is 0 Å². The molecule has 1 aliphatic heterocycles. The standard InChI is InChI=1S/C13H17BrN2O2/c1-9-2-3-11(10(14)8-9)16-6-5-15-13(18)12(16)4-7-17/h2-3,8,12,17H,4-7H2,1H3,(H,15,18). The van der Waals surface area contributed by atoms with Crippen molar-refractivity contribution in [2.45, 2.75) is 19.4 Å².